The van der Waals surface area contributed by atoms with E-state index in [1.807, 2.05) is 24.3 Å². The Hall–Kier alpha value is -2.37. The number of carbonyl (C=O) groups is 1. The van der Waals surface area contributed by atoms with E-state index in [1.54, 1.807) is 19.0 Å². The van der Waals surface area contributed by atoms with Gasteiger partial charge in [0.25, 0.3) is 5.91 Å². The van der Waals surface area contributed by atoms with Gasteiger partial charge in [0.1, 0.15) is 0 Å². The molecule has 0 spiro atoms. The molecule has 0 aliphatic carbocycles. The van der Waals surface area contributed by atoms with Crippen LogP contribution in [-0.2, 0) is 13.6 Å². The molecule has 0 bridgehead atoms. The molecule has 1 amide bonds. The Morgan fingerprint density at radius 3 is 2.89 bits per heavy atom. The van der Waals surface area contributed by atoms with Crippen LogP contribution in [0.5, 0.6) is 0 Å². The van der Waals surface area contributed by atoms with Gasteiger partial charge in [-0.15, -0.1) is 5.10 Å². The van der Waals surface area contributed by atoms with Crippen LogP contribution in [-0.4, -0.2) is 32.8 Å². The highest BCUT2D eigenvalue weighted by molar-refractivity contribution is 5.91. The van der Waals surface area contributed by atoms with Crippen LogP contribution < -0.4 is 5.73 Å². The van der Waals surface area contributed by atoms with Gasteiger partial charge in [0.05, 0.1) is 6.20 Å². The van der Waals surface area contributed by atoms with Crippen LogP contribution in [0.3, 0.4) is 0 Å². The molecule has 1 aromatic heterocycles. The van der Waals surface area contributed by atoms with E-state index in [4.69, 9.17) is 5.73 Å². The summed E-state index contributed by atoms with van der Waals surface area (Å²) in [4.78, 5) is 15.0. The second kappa shape index (κ2) is 4.87. The zero-order valence-corrected chi connectivity index (χ0v) is 10.4. The van der Waals surface area contributed by atoms with Gasteiger partial charge in [0, 0.05) is 26.3 Å². The Balaban J connectivity index is 2.08. The van der Waals surface area contributed by atoms with Crippen LogP contribution in [0.4, 0.5) is 5.69 Å². The molecule has 0 radical (unpaired) electrons. The zero-order valence-electron chi connectivity index (χ0n) is 10.4. The molecule has 6 nitrogen and oxygen atoms in total. The minimum Gasteiger partial charge on any atom is -0.399 e. The van der Waals surface area contributed by atoms with E-state index in [2.05, 4.69) is 10.2 Å². The van der Waals surface area contributed by atoms with Crippen molar-refractivity contribution in [1.29, 1.82) is 0 Å². The van der Waals surface area contributed by atoms with Gasteiger partial charge < -0.3 is 10.6 Å². The lowest BCUT2D eigenvalue weighted by Crippen LogP contribution is -2.26. The Morgan fingerprint density at radius 2 is 2.28 bits per heavy atom. The topological polar surface area (TPSA) is 77.0 Å². The van der Waals surface area contributed by atoms with Crippen molar-refractivity contribution in [2.24, 2.45) is 7.05 Å². The normalized spacial score (nSPS) is 10.3. The number of anilines is 1. The van der Waals surface area contributed by atoms with E-state index in [1.165, 1.54) is 11.0 Å². The predicted octanol–water partition coefficient (Wildman–Crippen LogP) is 0.669. The third-order valence-electron chi connectivity index (χ3n) is 2.54. The first-order valence-electron chi connectivity index (χ1n) is 5.52. The Kier molecular flexibility index (Phi) is 3.27. The van der Waals surface area contributed by atoms with Gasteiger partial charge in [0.2, 0.25) is 0 Å². The number of nitrogen functional groups attached to an aromatic ring is 1. The van der Waals surface area contributed by atoms with Crippen LogP contribution >= 0.6 is 0 Å². The highest BCUT2D eigenvalue weighted by atomic mass is 16.2. The number of amides is 1. The second-order valence-corrected chi connectivity index (χ2v) is 4.13. The fourth-order valence-electron chi connectivity index (χ4n) is 1.68. The van der Waals surface area contributed by atoms with E-state index in [9.17, 15) is 4.79 Å². The summed E-state index contributed by atoms with van der Waals surface area (Å²) in [5.41, 5.74) is 7.70. The lowest BCUT2D eigenvalue weighted by atomic mass is 10.2. The van der Waals surface area contributed by atoms with Crippen molar-refractivity contribution in [2.45, 2.75) is 6.54 Å². The van der Waals surface area contributed by atoms with E-state index < -0.39 is 0 Å². The lowest BCUT2D eigenvalue weighted by Gasteiger charge is -2.15. The maximum Gasteiger partial charge on any atom is 0.276 e. The van der Waals surface area contributed by atoms with Crippen molar-refractivity contribution in [1.82, 2.24) is 19.9 Å². The summed E-state index contributed by atoms with van der Waals surface area (Å²) in [6.07, 6.45) is 1.46. The van der Waals surface area contributed by atoms with E-state index in [0.717, 1.165) is 5.56 Å². The SMILES string of the molecule is CN(Cc1cccc(N)c1)C(=O)c1cnn(C)n1. The van der Waals surface area contributed by atoms with E-state index in [0.29, 0.717) is 17.9 Å². The number of carbonyl (C=O) groups excluding carboxylic acids is 1. The molecular weight excluding hydrogens is 230 g/mol. The van der Waals surface area contributed by atoms with Crippen molar-refractivity contribution in [3.05, 3.63) is 41.7 Å². The summed E-state index contributed by atoms with van der Waals surface area (Å²) in [5, 5.41) is 7.86. The monoisotopic (exact) mass is 245 g/mol. The third kappa shape index (κ3) is 2.65. The number of rotatable bonds is 3. The summed E-state index contributed by atoms with van der Waals surface area (Å²) in [6, 6.07) is 7.45. The highest BCUT2D eigenvalue weighted by Gasteiger charge is 2.15. The number of nitrogens with zero attached hydrogens (tertiary/aromatic N) is 4. The largest absolute Gasteiger partial charge is 0.399 e. The van der Waals surface area contributed by atoms with Crippen molar-refractivity contribution >= 4 is 11.6 Å². The fraction of sp³-hybridized carbons (Fsp3) is 0.250. The minimum atomic E-state index is -0.162. The molecule has 2 rings (SSSR count). The molecule has 0 aliphatic heterocycles. The molecule has 2 N–H and O–H groups in total. The standard InChI is InChI=1S/C12H15N5O/c1-16(8-9-4-3-5-10(13)6-9)12(18)11-7-14-17(2)15-11/h3-7H,8,13H2,1-2H3. The third-order valence-corrected chi connectivity index (χ3v) is 2.54. The summed E-state index contributed by atoms with van der Waals surface area (Å²) >= 11 is 0. The Labute approximate surface area is 105 Å². The lowest BCUT2D eigenvalue weighted by molar-refractivity contribution is 0.0778. The molecule has 1 heterocycles. The van der Waals surface area contributed by atoms with Crippen LogP contribution in [0.1, 0.15) is 16.1 Å². The molecule has 0 saturated carbocycles. The molecule has 0 atom stereocenters. The molecule has 0 unspecified atom stereocenters. The van der Waals surface area contributed by atoms with Gasteiger partial charge in [0.15, 0.2) is 5.69 Å². The maximum absolute atomic E-state index is 12.0. The summed E-state index contributed by atoms with van der Waals surface area (Å²) in [5.74, 6) is -0.162. The average molecular weight is 245 g/mol. The smallest absolute Gasteiger partial charge is 0.276 e. The molecule has 6 heteroatoms. The van der Waals surface area contributed by atoms with Crippen LogP contribution in [0, 0.1) is 0 Å². The van der Waals surface area contributed by atoms with Crippen LogP contribution in [0.25, 0.3) is 0 Å². The molecule has 18 heavy (non-hydrogen) atoms. The van der Waals surface area contributed by atoms with Crippen LogP contribution in [0.2, 0.25) is 0 Å². The molecule has 0 fully saturated rings. The van der Waals surface area contributed by atoms with Crippen molar-refractivity contribution in [2.75, 3.05) is 12.8 Å². The van der Waals surface area contributed by atoms with Gasteiger partial charge in [-0.05, 0) is 17.7 Å². The first-order valence-corrected chi connectivity index (χ1v) is 5.52. The molecule has 2 aromatic rings. The average Bonchev–Trinajstić information content (AvgIpc) is 2.75. The maximum atomic E-state index is 12.0. The van der Waals surface area contributed by atoms with E-state index in [-0.39, 0.29) is 5.91 Å². The molecule has 0 saturated heterocycles. The quantitative estimate of drug-likeness (QED) is 0.806. The van der Waals surface area contributed by atoms with Crippen molar-refractivity contribution < 1.29 is 4.79 Å². The van der Waals surface area contributed by atoms with E-state index >= 15 is 0 Å². The molecule has 1 aromatic carbocycles. The fourth-order valence-corrected chi connectivity index (χ4v) is 1.68. The Bertz CT molecular complexity index is 563. The summed E-state index contributed by atoms with van der Waals surface area (Å²) < 4.78 is 0. The summed E-state index contributed by atoms with van der Waals surface area (Å²) in [6.45, 7) is 0.487. The zero-order chi connectivity index (χ0) is 13.1. The first-order chi connectivity index (χ1) is 8.56. The number of hydrogen-bond acceptors (Lipinski definition) is 4. The molecule has 0 aliphatic rings. The van der Waals surface area contributed by atoms with Gasteiger partial charge in [-0.3, -0.25) is 4.79 Å². The highest BCUT2D eigenvalue weighted by Crippen LogP contribution is 2.10. The number of benzene rings is 1. The van der Waals surface area contributed by atoms with Gasteiger partial charge in [-0.25, -0.2) is 0 Å². The first kappa shape index (κ1) is 12.1. The number of hydrogen-bond donors (Lipinski definition) is 1. The second-order valence-electron chi connectivity index (χ2n) is 4.13. The van der Waals surface area contributed by atoms with Crippen molar-refractivity contribution in [3.8, 4) is 0 Å². The van der Waals surface area contributed by atoms with Crippen LogP contribution in [0.15, 0.2) is 30.5 Å². The summed E-state index contributed by atoms with van der Waals surface area (Å²) in [7, 11) is 3.40. The van der Waals surface area contributed by atoms with Crippen molar-refractivity contribution in [3.63, 3.8) is 0 Å². The Morgan fingerprint density at radius 1 is 1.50 bits per heavy atom. The minimum absolute atomic E-state index is 0.162. The van der Waals surface area contributed by atoms with Gasteiger partial charge in [-0.2, -0.15) is 9.90 Å². The number of nitrogens with two attached hydrogens (primary N) is 1. The number of aryl methyl sites for hydroxylation is 1. The van der Waals surface area contributed by atoms with Gasteiger partial charge in [-0.1, -0.05) is 12.1 Å². The predicted molar refractivity (Wildman–Crippen MR) is 67.7 cm³/mol. The molecular formula is C12H15N5O. The van der Waals surface area contributed by atoms with Gasteiger partial charge >= 0.3 is 0 Å². The number of aromatic nitrogens is 3. The molecule has 94 valence electrons.